The molecule has 0 spiro atoms. The Kier molecular flexibility index (Phi) is 4.50. The van der Waals surface area contributed by atoms with E-state index < -0.39 is 0 Å². The van der Waals surface area contributed by atoms with E-state index in [0.717, 1.165) is 37.3 Å². The first-order valence-corrected chi connectivity index (χ1v) is 7.44. The zero-order chi connectivity index (χ0) is 15.5. The molecule has 0 bridgehead atoms. The van der Waals surface area contributed by atoms with Crippen LogP contribution in [0.25, 0.3) is 0 Å². The summed E-state index contributed by atoms with van der Waals surface area (Å²) in [5.41, 5.74) is 2.04. The Hall–Kier alpha value is -1.78. The fourth-order valence-corrected chi connectivity index (χ4v) is 2.93. The number of piperazine rings is 1. The zero-order valence-corrected chi connectivity index (χ0v) is 12.4. The van der Waals surface area contributed by atoms with Gasteiger partial charge in [0.05, 0.1) is 6.04 Å². The fraction of sp³-hybridized carbons (Fsp3) is 0.278. The largest absolute Gasteiger partial charge is 0.300 e. The van der Waals surface area contributed by atoms with Gasteiger partial charge < -0.3 is 0 Å². The number of halogens is 2. The van der Waals surface area contributed by atoms with Gasteiger partial charge in [-0.05, 0) is 35.4 Å². The van der Waals surface area contributed by atoms with Crippen molar-refractivity contribution < 1.29 is 8.78 Å². The summed E-state index contributed by atoms with van der Waals surface area (Å²) < 4.78 is 26.4. The molecule has 1 heterocycles. The second-order valence-corrected chi connectivity index (χ2v) is 5.66. The third-order valence-electron chi connectivity index (χ3n) is 4.14. The second kappa shape index (κ2) is 6.55. The summed E-state index contributed by atoms with van der Waals surface area (Å²) >= 11 is 0. The van der Waals surface area contributed by atoms with Crippen molar-refractivity contribution in [2.45, 2.75) is 6.04 Å². The summed E-state index contributed by atoms with van der Waals surface area (Å²) in [7, 11) is 3.97. The average molecular weight is 301 g/mol. The van der Waals surface area contributed by atoms with Gasteiger partial charge in [-0.15, -0.1) is 0 Å². The molecule has 2 nitrogen and oxygen atoms in total. The van der Waals surface area contributed by atoms with E-state index in [9.17, 15) is 8.78 Å². The normalized spacial score (nSPS) is 17.1. The predicted octanol–water partition coefficient (Wildman–Crippen LogP) is 3.46. The van der Waals surface area contributed by atoms with E-state index in [4.69, 9.17) is 0 Å². The molecule has 1 aliphatic heterocycles. The average Bonchev–Trinajstić information content (AvgIpc) is 2.53. The molecule has 0 aromatic heterocycles. The maximum absolute atomic E-state index is 13.2. The summed E-state index contributed by atoms with van der Waals surface area (Å²) in [6, 6.07) is 13.1. The highest BCUT2D eigenvalue weighted by atomic mass is 19.1. The van der Waals surface area contributed by atoms with E-state index in [1.54, 1.807) is 24.3 Å². The van der Waals surface area contributed by atoms with Gasteiger partial charge in [-0.1, -0.05) is 24.3 Å². The highest BCUT2D eigenvalue weighted by Crippen LogP contribution is 2.29. The maximum Gasteiger partial charge on any atom is 0.123 e. The molecule has 2 aromatic rings. The Morgan fingerprint density at radius 2 is 1.14 bits per heavy atom. The molecule has 1 aliphatic rings. The van der Waals surface area contributed by atoms with E-state index in [0.29, 0.717) is 0 Å². The van der Waals surface area contributed by atoms with Crippen LogP contribution in [0.15, 0.2) is 48.5 Å². The Morgan fingerprint density at radius 1 is 0.727 bits per heavy atom. The minimum absolute atomic E-state index is 0.00917. The summed E-state index contributed by atoms with van der Waals surface area (Å²) in [6.07, 6.45) is 0. The van der Waals surface area contributed by atoms with E-state index in [-0.39, 0.29) is 17.7 Å². The fourth-order valence-electron chi connectivity index (χ4n) is 2.93. The molecule has 1 radical (unpaired) electrons. The Bertz CT molecular complexity index is 556. The van der Waals surface area contributed by atoms with Crippen molar-refractivity contribution in [3.8, 4) is 0 Å². The molecule has 0 amide bonds. The third-order valence-corrected chi connectivity index (χ3v) is 4.14. The number of benzene rings is 2. The Labute approximate surface area is 130 Å². The van der Waals surface area contributed by atoms with Gasteiger partial charge >= 0.3 is 0 Å². The highest BCUT2D eigenvalue weighted by Gasteiger charge is 2.25. The molecule has 4 heteroatoms. The maximum atomic E-state index is 13.2. The molecular weight excluding hydrogens is 282 g/mol. The van der Waals surface area contributed by atoms with Crippen molar-refractivity contribution in [3.63, 3.8) is 0 Å². The van der Waals surface area contributed by atoms with Gasteiger partial charge in [0.1, 0.15) is 11.6 Å². The quantitative estimate of drug-likeness (QED) is 0.856. The smallest absolute Gasteiger partial charge is 0.123 e. The SMILES string of the molecule is [CH2]N1CCN(C(c2ccc(F)cc2)c2ccc(F)cc2)CC1. The van der Waals surface area contributed by atoms with E-state index in [1.807, 2.05) is 4.90 Å². The van der Waals surface area contributed by atoms with E-state index in [1.165, 1.54) is 24.3 Å². The van der Waals surface area contributed by atoms with Crippen LogP contribution in [0, 0.1) is 18.7 Å². The molecule has 1 saturated heterocycles. The van der Waals surface area contributed by atoms with Crippen molar-refractivity contribution in [2.24, 2.45) is 0 Å². The van der Waals surface area contributed by atoms with Crippen LogP contribution in [-0.4, -0.2) is 36.0 Å². The minimum atomic E-state index is -0.246. The monoisotopic (exact) mass is 301 g/mol. The molecule has 0 aliphatic carbocycles. The van der Waals surface area contributed by atoms with Crippen molar-refractivity contribution in [2.75, 3.05) is 26.2 Å². The summed E-state index contributed by atoms with van der Waals surface area (Å²) in [5.74, 6) is -0.492. The van der Waals surface area contributed by atoms with Crippen LogP contribution < -0.4 is 0 Å². The lowest BCUT2D eigenvalue weighted by molar-refractivity contribution is 0.137. The molecule has 115 valence electrons. The Balaban J connectivity index is 1.94. The minimum Gasteiger partial charge on any atom is -0.300 e. The lowest BCUT2D eigenvalue weighted by atomic mass is 9.96. The van der Waals surface area contributed by atoms with Crippen molar-refractivity contribution in [1.82, 2.24) is 9.80 Å². The van der Waals surface area contributed by atoms with Gasteiger partial charge in [0.15, 0.2) is 0 Å². The first-order chi connectivity index (χ1) is 10.6. The van der Waals surface area contributed by atoms with Crippen LogP contribution in [-0.2, 0) is 0 Å². The van der Waals surface area contributed by atoms with Crippen molar-refractivity contribution >= 4 is 0 Å². The second-order valence-electron chi connectivity index (χ2n) is 5.66. The number of rotatable bonds is 3. The third kappa shape index (κ3) is 3.34. The number of nitrogens with zero attached hydrogens (tertiary/aromatic N) is 2. The summed E-state index contributed by atoms with van der Waals surface area (Å²) in [6.45, 7) is 3.53. The molecule has 0 atom stereocenters. The van der Waals surface area contributed by atoms with Gasteiger partial charge in [0.2, 0.25) is 0 Å². The first kappa shape index (κ1) is 15.1. The van der Waals surface area contributed by atoms with Crippen LogP contribution in [0.1, 0.15) is 17.2 Å². The lowest BCUT2D eigenvalue weighted by Crippen LogP contribution is -2.45. The zero-order valence-electron chi connectivity index (χ0n) is 12.4. The topological polar surface area (TPSA) is 6.48 Å². The highest BCUT2D eigenvalue weighted by molar-refractivity contribution is 5.32. The van der Waals surface area contributed by atoms with Crippen LogP contribution in [0.2, 0.25) is 0 Å². The van der Waals surface area contributed by atoms with Gasteiger partial charge in [-0.25, -0.2) is 8.78 Å². The van der Waals surface area contributed by atoms with Gasteiger partial charge in [0, 0.05) is 33.2 Å². The van der Waals surface area contributed by atoms with Gasteiger partial charge in [-0.2, -0.15) is 0 Å². The van der Waals surface area contributed by atoms with Crippen molar-refractivity contribution in [1.29, 1.82) is 0 Å². The van der Waals surface area contributed by atoms with Crippen LogP contribution in [0.4, 0.5) is 8.78 Å². The van der Waals surface area contributed by atoms with Crippen LogP contribution in [0.3, 0.4) is 0 Å². The Morgan fingerprint density at radius 3 is 1.55 bits per heavy atom. The molecule has 2 aromatic carbocycles. The summed E-state index contributed by atoms with van der Waals surface area (Å²) in [5, 5.41) is 0. The van der Waals surface area contributed by atoms with Gasteiger partial charge in [-0.3, -0.25) is 9.80 Å². The van der Waals surface area contributed by atoms with Gasteiger partial charge in [0.25, 0.3) is 0 Å². The van der Waals surface area contributed by atoms with Crippen LogP contribution in [0.5, 0.6) is 0 Å². The molecule has 0 N–H and O–H groups in total. The molecule has 3 rings (SSSR count). The van der Waals surface area contributed by atoms with Crippen molar-refractivity contribution in [3.05, 3.63) is 78.3 Å². The molecular formula is C18H19F2N2. The molecule has 1 fully saturated rings. The van der Waals surface area contributed by atoms with Crippen LogP contribution >= 0.6 is 0 Å². The molecule has 0 unspecified atom stereocenters. The predicted molar refractivity (Wildman–Crippen MR) is 83.1 cm³/mol. The molecule has 0 saturated carbocycles. The van der Waals surface area contributed by atoms with E-state index >= 15 is 0 Å². The van der Waals surface area contributed by atoms with E-state index in [2.05, 4.69) is 11.9 Å². The standard InChI is InChI=1S/C18H19F2N2/c1-21-10-12-22(13-11-21)18(14-2-6-16(19)7-3-14)15-4-8-17(20)9-5-15/h2-9,18H,1,10-13H2. The molecule has 22 heavy (non-hydrogen) atoms. The lowest BCUT2D eigenvalue weighted by Gasteiger charge is -2.38. The number of hydrogen-bond acceptors (Lipinski definition) is 2. The first-order valence-electron chi connectivity index (χ1n) is 7.44. The summed E-state index contributed by atoms with van der Waals surface area (Å²) in [4.78, 5) is 4.38. The number of hydrogen-bond donors (Lipinski definition) is 0.